The fourth-order valence-electron chi connectivity index (χ4n) is 2.51. The molecule has 1 atom stereocenters. The summed E-state index contributed by atoms with van der Waals surface area (Å²) in [6.45, 7) is 4.60. The zero-order valence-corrected chi connectivity index (χ0v) is 10.5. The summed E-state index contributed by atoms with van der Waals surface area (Å²) >= 11 is 0. The van der Waals surface area contributed by atoms with E-state index in [1.165, 1.54) is 30.9 Å². The van der Waals surface area contributed by atoms with Crippen molar-refractivity contribution >= 4 is 0 Å². The van der Waals surface area contributed by atoms with E-state index >= 15 is 0 Å². The van der Waals surface area contributed by atoms with E-state index in [-0.39, 0.29) is 12.4 Å². The maximum absolute atomic E-state index is 13.3. The number of likely N-dealkylation sites (tertiary alicyclic amines) is 1. The molecule has 1 saturated heterocycles. The Labute approximate surface area is 103 Å². The number of rotatable bonds is 3. The van der Waals surface area contributed by atoms with Crippen LogP contribution < -0.4 is 5.73 Å². The number of hydrogen-bond donors (Lipinski definition) is 1. The van der Waals surface area contributed by atoms with Gasteiger partial charge in [-0.15, -0.1) is 0 Å². The summed E-state index contributed by atoms with van der Waals surface area (Å²) in [5.41, 5.74) is 7.31. The molecule has 1 aliphatic rings. The molecule has 1 unspecified atom stereocenters. The minimum absolute atomic E-state index is 0.192. The molecule has 1 fully saturated rings. The molecule has 1 aliphatic heterocycles. The highest BCUT2D eigenvalue weighted by atomic mass is 19.1. The highest BCUT2D eigenvalue weighted by molar-refractivity contribution is 5.25. The Balaban J connectivity index is 2.07. The molecule has 1 aromatic rings. The second-order valence-electron chi connectivity index (χ2n) is 4.95. The van der Waals surface area contributed by atoms with Gasteiger partial charge in [-0.25, -0.2) is 4.39 Å². The van der Waals surface area contributed by atoms with E-state index in [0.717, 1.165) is 13.1 Å². The quantitative estimate of drug-likeness (QED) is 0.874. The lowest BCUT2D eigenvalue weighted by Crippen LogP contribution is -2.36. The fourth-order valence-corrected chi connectivity index (χ4v) is 2.51. The normalized spacial score (nSPS) is 21.7. The first kappa shape index (κ1) is 12.5. The molecule has 2 nitrogen and oxygen atoms in total. The molecule has 0 saturated carbocycles. The van der Waals surface area contributed by atoms with E-state index in [1.54, 1.807) is 0 Å². The highest BCUT2D eigenvalue weighted by Gasteiger charge is 2.18. The molecule has 2 rings (SSSR count). The number of nitrogens with zero attached hydrogens (tertiary/aromatic N) is 1. The largest absolute Gasteiger partial charge is 0.326 e. The first-order chi connectivity index (χ1) is 8.20. The van der Waals surface area contributed by atoms with Crippen molar-refractivity contribution in [1.82, 2.24) is 4.90 Å². The van der Waals surface area contributed by atoms with Crippen molar-refractivity contribution in [2.45, 2.75) is 45.3 Å². The van der Waals surface area contributed by atoms with Gasteiger partial charge in [0, 0.05) is 24.7 Å². The maximum Gasteiger partial charge on any atom is 0.127 e. The molecular weight excluding hydrogens is 215 g/mol. The van der Waals surface area contributed by atoms with Crippen LogP contribution in [0.2, 0.25) is 0 Å². The molecule has 17 heavy (non-hydrogen) atoms. The van der Waals surface area contributed by atoms with Crippen molar-refractivity contribution in [2.75, 3.05) is 6.54 Å². The standard InChI is InChI=1S/C14H21FN2/c1-11-4-2-3-7-17(11)10-12-5-6-14(15)13(8-12)9-16/h5-6,8,11H,2-4,7,9-10,16H2,1H3. The van der Waals surface area contributed by atoms with Gasteiger partial charge >= 0.3 is 0 Å². The van der Waals surface area contributed by atoms with Gasteiger partial charge in [-0.05, 0) is 37.9 Å². The number of hydrogen-bond acceptors (Lipinski definition) is 2. The summed E-state index contributed by atoms with van der Waals surface area (Å²) < 4.78 is 13.3. The second-order valence-corrected chi connectivity index (χ2v) is 4.95. The van der Waals surface area contributed by atoms with Gasteiger partial charge in [-0.3, -0.25) is 4.90 Å². The molecule has 0 spiro atoms. The Kier molecular flexibility index (Phi) is 4.13. The zero-order chi connectivity index (χ0) is 12.3. The SMILES string of the molecule is CC1CCCCN1Cc1ccc(F)c(CN)c1. The Bertz CT molecular complexity index is 378. The van der Waals surface area contributed by atoms with Gasteiger partial charge in [-0.2, -0.15) is 0 Å². The zero-order valence-electron chi connectivity index (χ0n) is 10.5. The van der Waals surface area contributed by atoms with Crippen LogP contribution in [0.5, 0.6) is 0 Å². The van der Waals surface area contributed by atoms with Crippen LogP contribution >= 0.6 is 0 Å². The molecule has 3 heteroatoms. The van der Waals surface area contributed by atoms with Gasteiger partial charge in [0.1, 0.15) is 5.82 Å². The molecule has 1 heterocycles. The average molecular weight is 236 g/mol. The smallest absolute Gasteiger partial charge is 0.127 e. The summed E-state index contributed by atoms with van der Waals surface area (Å²) in [5, 5.41) is 0. The van der Waals surface area contributed by atoms with E-state index in [4.69, 9.17) is 5.73 Å². The maximum atomic E-state index is 13.3. The molecule has 0 aromatic heterocycles. The van der Waals surface area contributed by atoms with Crippen LogP contribution in [0.15, 0.2) is 18.2 Å². The number of benzene rings is 1. The molecule has 0 amide bonds. The minimum Gasteiger partial charge on any atom is -0.326 e. The van der Waals surface area contributed by atoms with E-state index in [2.05, 4.69) is 11.8 Å². The molecule has 0 aliphatic carbocycles. The number of nitrogens with two attached hydrogens (primary N) is 1. The predicted molar refractivity (Wildman–Crippen MR) is 68.0 cm³/mol. The third kappa shape index (κ3) is 3.05. The summed E-state index contributed by atoms with van der Waals surface area (Å²) in [7, 11) is 0. The Morgan fingerprint density at radius 3 is 2.94 bits per heavy atom. The second kappa shape index (κ2) is 5.61. The van der Waals surface area contributed by atoms with Crippen molar-refractivity contribution in [3.8, 4) is 0 Å². The van der Waals surface area contributed by atoms with E-state index < -0.39 is 0 Å². The summed E-state index contributed by atoms with van der Waals surface area (Å²) in [6, 6.07) is 5.94. The number of halogens is 1. The lowest BCUT2D eigenvalue weighted by Gasteiger charge is -2.33. The predicted octanol–water partition coefficient (Wildman–Crippen LogP) is 2.66. The topological polar surface area (TPSA) is 29.3 Å². The highest BCUT2D eigenvalue weighted by Crippen LogP contribution is 2.20. The summed E-state index contributed by atoms with van der Waals surface area (Å²) in [5.74, 6) is -0.192. The first-order valence-corrected chi connectivity index (χ1v) is 6.42. The van der Waals surface area contributed by atoms with Gasteiger partial charge in [0.05, 0.1) is 0 Å². The molecule has 0 radical (unpaired) electrons. The van der Waals surface area contributed by atoms with Crippen molar-refractivity contribution in [3.05, 3.63) is 35.1 Å². The van der Waals surface area contributed by atoms with Crippen molar-refractivity contribution in [2.24, 2.45) is 5.73 Å². The van der Waals surface area contributed by atoms with Gasteiger partial charge < -0.3 is 5.73 Å². The van der Waals surface area contributed by atoms with Crippen LogP contribution in [0.4, 0.5) is 4.39 Å². The Morgan fingerprint density at radius 1 is 1.41 bits per heavy atom. The third-order valence-corrected chi connectivity index (χ3v) is 3.66. The Hall–Kier alpha value is -0.930. The summed E-state index contributed by atoms with van der Waals surface area (Å²) in [4.78, 5) is 2.47. The lowest BCUT2D eigenvalue weighted by atomic mass is 10.0. The van der Waals surface area contributed by atoms with Crippen molar-refractivity contribution in [3.63, 3.8) is 0 Å². The van der Waals surface area contributed by atoms with Gasteiger partial charge in [0.15, 0.2) is 0 Å². The van der Waals surface area contributed by atoms with Crippen LogP contribution in [0, 0.1) is 5.82 Å². The molecule has 94 valence electrons. The van der Waals surface area contributed by atoms with Crippen molar-refractivity contribution < 1.29 is 4.39 Å². The van der Waals surface area contributed by atoms with E-state index in [1.807, 2.05) is 12.1 Å². The fraction of sp³-hybridized carbons (Fsp3) is 0.571. The third-order valence-electron chi connectivity index (χ3n) is 3.66. The van der Waals surface area contributed by atoms with E-state index in [0.29, 0.717) is 11.6 Å². The van der Waals surface area contributed by atoms with Gasteiger partial charge in [0.25, 0.3) is 0 Å². The van der Waals surface area contributed by atoms with Crippen LogP contribution in [-0.4, -0.2) is 17.5 Å². The van der Waals surface area contributed by atoms with Crippen LogP contribution in [0.25, 0.3) is 0 Å². The van der Waals surface area contributed by atoms with Gasteiger partial charge in [-0.1, -0.05) is 18.6 Å². The van der Waals surface area contributed by atoms with Crippen LogP contribution in [0.1, 0.15) is 37.3 Å². The van der Waals surface area contributed by atoms with Gasteiger partial charge in [0.2, 0.25) is 0 Å². The molecule has 0 bridgehead atoms. The monoisotopic (exact) mass is 236 g/mol. The number of piperidine rings is 1. The molecular formula is C14H21FN2. The molecule has 2 N–H and O–H groups in total. The lowest BCUT2D eigenvalue weighted by molar-refractivity contribution is 0.152. The molecule has 1 aromatic carbocycles. The van der Waals surface area contributed by atoms with Crippen LogP contribution in [-0.2, 0) is 13.1 Å². The average Bonchev–Trinajstić information content (AvgIpc) is 2.34. The Morgan fingerprint density at radius 2 is 2.24 bits per heavy atom. The first-order valence-electron chi connectivity index (χ1n) is 6.42. The summed E-state index contributed by atoms with van der Waals surface area (Å²) in [6.07, 6.45) is 3.87. The van der Waals surface area contributed by atoms with Crippen molar-refractivity contribution in [1.29, 1.82) is 0 Å². The van der Waals surface area contributed by atoms with Crippen LogP contribution in [0.3, 0.4) is 0 Å². The van der Waals surface area contributed by atoms with E-state index in [9.17, 15) is 4.39 Å². The minimum atomic E-state index is -0.192.